The van der Waals surface area contributed by atoms with Crippen molar-refractivity contribution in [3.05, 3.63) is 0 Å². The number of amides is 2. The Bertz CT molecular complexity index is 280. The van der Waals surface area contributed by atoms with Crippen LogP contribution in [0, 0.1) is 0 Å². The lowest BCUT2D eigenvalue weighted by Crippen LogP contribution is -2.48. The number of nitrogens with zero attached hydrogens (tertiary/aromatic N) is 1. The summed E-state index contributed by atoms with van der Waals surface area (Å²) < 4.78 is 0. The number of urea groups is 1. The van der Waals surface area contributed by atoms with Crippen molar-refractivity contribution in [1.82, 2.24) is 10.2 Å². The first kappa shape index (κ1) is 14.2. The van der Waals surface area contributed by atoms with Gasteiger partial charge in [-0.1, -0.05) is 6.92 Å². The maximum atomic E-state index is 11.7. The third-order valence-corrected chi connectivity index (χ3v) is 4.36. The smallest absolute Gasteiger partial charge is 0.326 e. The molecular weight excluding hydrogens is 240 g/mol. The average Bonchev–Trinajstić information content (AvgIpc) is 2.78. The van der Waals surface area contributed by atoms with Gasteiger partial charge in [-0.15, -0.1) is 0 Å². The van der Waals surface area contributed by atoms with E-state index < -0.39 is 12.0 Å². The Hall–Kier alpha value is -0.910. The van der Waals surface area contributed by atoms with Gasteiger partial charge in [0.05, 0.1) is 0 Å². The van der Waals surface area contributed by atoms with E-state index in [1.807, 2.05) is 11.8 Å². The number of aliphatic carboxylic acids is 1. The van der Waals surface area contributed by atoms with Gasteiger partial charge < -0.3 is 15.3 Å². The molecular formula is C11H20N2O3S. The minimum absolute atomic E-state index is 0.299. The molecule has 2 N–H and O–H groups in total. The molecule has 0 bridgehead atoms. The Balaban J connectivity index is 2.37. The summed E-state index contributed by atoms with van der Waals surface area (Å²) in [6, 6.07) is -1.04. The van der Waals surface area contributed by atoms with Gasteiger partial charge in [-0.2, -0.15) is 11.8 Å². The molecule has 2 unspecified atom stereocenters. The molecule has 1 rings (SSSR count). The number of thioether (sulfide) groups is 1. The van der Waals surface area contributed by atoms with Crippen LogP contribution in [0.5, 0.6) is 0 Å². The van der Waals surface area contributed by atoms with Gasteiger partial charge in [0.25, 0.3) is 0 Å². The second-order valence-corrected chi connectivity index (χ2v) is 5.60. The van der Waals surface area contributed by atoms with Crippen molar-refractivity contribution in [3.63, 3.8) is 0 Å². The molecule has 2 amide bonds. The average molecular weight is 260 g/mol. The summed E-state index contributed by atoms with van der Waals surface area (Å²) in [6.45, 7) is 2.39. The van der Waals surface area contributed by atoms with E-state index in [4.69, 9.17) is 5.11 Å². The zero-order chi connectivity index (χ0) is 12.8. The predicted molar refractivity (Wildman–Crippen MR) is 68.4 cm³/mol. The van der Waals surface area contributed by atoms with Crippen molar-refractivity contribution >= 4 is 23.8 Å². The predicted octanol–water partition coefficient (Wildman–Crippen LogP) is 1.39. The molecule has 1 heterocycles. The maximum Gasteiger partial charge on any atom is 0.326 e. The molecule has 0 aliphatic carbocycles. The van der Waals surface area contributed by atoms with Gasteiger partial charge >= 0.3 is 12.0 Å². The van der Waals surface area contributed by atoms with Crippen LogP contribution in [0.1, 0.15) is 26.2 Å². The van der Waals surface area contributed by atoms with E-state index in [-0.39, 0.29) is 6.03 Å². The molecule has 0 radical (unpaired) electrons. The molecule has 2 atom stereocenters. The van der Waals surface area contributed by atoms with E-state index in [1.54, 1.807) is 6.92 Å². The van der Waals surface area contributed by atoms with Gasteiger partial charge in [0, 0.05) is 18.8 Å². The van der Waals surface area contributed by atoms with Gasteiger partial charge in [0.15, 0.2) is 0 Å². The third kappa shape index (κ3) is 4.11. The molecule has 5 nitrogen and oxygen atoms in total. The normalized spacial score (nSPS) is 20.9. The molecule has 1 saturated heterocycles. The minimum Gasteiger partial charge on any atom is -0.480 e. The lowest BCUT2D eigenvalue weighted by molar-refractivity contribution is -0.141. The molecule has 1 fully saturated rings. The van der Waals surface area contributed by atoms with E-state index in [1.165, 1.54) is 18.4 Å². The van der Waals surface area contributed by atoms with E-state index >= 15 is 0 Å². The zero-order valence-corrected chi connectivity index (χ0v) is 11.1. The highest BCUT2D eigenvalue weighted by Crippen LogP contribution is 2.25. The van der Waals surface area contributed by atoms with Crippen LogP contribution in [0.2, 0.25) is 0 Å². The highest BCUT2D eigenvalue weighted by atomic mass is 32.2. The largest absolute Gasteiger partial charge is 0.480 e. The van der Waals surface area contributed by atoms with E-state index in [2.05, 4.69) is 5.32 Å². The van der Waals surface area contributed by atoms with Gasteiger partial charge in [-0.05, 0) is 25.0 Å². The number of hydrogen-bond acceptors (Lipinski definition) is 3. The molecule has 0 saturated carbocycles. The Labute approximate surface area is 106 Å². The standard InChI is InChI=1S/C11H20N2O3S/c1-3-9(10(14)15)13(2)11(16)12-7-8-5-4-6-17-8/h8-9H,3-7H2,1-2H3,(H,12,16)(H,14,15). The fourth-order valence-electron chi connectivity index (χ4n) is 1.89. The number of nitrogens with one attached hydrogen (secondary N) is 1. The molecule has 6 heteroatoms. The Morgan fingerprint density at radius 2 is 2.29 bits per heavy atom. The SMILES string of the molecule is CCC(C(=O)O)N(C)C(=O)NCC1CCCS1. The van der Waals surface area contributed by atoms with Crippen LogP contribution in [0.3, 0.4) is 0 Å². The summed E-state index contributed by atoms with van der Waals surface area (Å²) in [5, 5.41) is 12.2. The molecule has 17 heavy (non-hydrogen) atoms. The molecule has 0 aromatic heterocycles. The van der Waals surface area contributed by atoms with E-state index in [0.29, 0.717) is 18.2 Å². The second-order valence-electron chi connectivity index (χ2n) is 4.19. The van der Waals surface area contributed by atoms with E-state index in [0.717, 1.165) is 12.2 Å². The quantitative estimate of drug-likeness (QED) is 0.783. The van der Waals surface area contributed by atoms with Crippen LogP contribution in [-0.2, 0) is 4.79 Å². The second kappa shape index (κ2) is 6.74. The summed E-state index contributed by atoms with van der Waals surface area (Å²) in [4.78, 5) is 23.9. The van der Waals surface area contributed by atoms with Gasteiger partial charge in [-0.25, -0.2) is 9.59 Å². The van der Waals surface area contributed by atoms with Crippen LogP contribution >= 0.6 is 11.8 Å². The summed E-state index contributed by atoms with van der Waals surface area (Å²) in [6.07, 6.45) is 2.75. The van der Waals surface area contributed by atoms with Crippen molar-refractivity contribution in [3.8, 4) is 0 Å². The summed E-state index contributed by atoms with van der Waals surface area (Å²) in [5.41, 5.74) is 0. The minimum atomic E-state index is -0.958. The lowest BCUT2D eigenvalue weighted by atomic mass is 10.2. The molecule has 98 valence electrons. The highest BCUT2D eigenvalue weighted by molar-refractivity contribution is 8.00. The lowest BCUT2D eigenvalue weighted by Gasteiger charge is -2.24. The molecule has 0 spiro atoms. The van der Waals surface area contributed by atoms with Crippen molar-refractivity contribution in [2.24, 2.45) is 0 Å². The number of carboxylic acids is 1. The summed E-state index contributed by atoms with van der Waals surface area (Å²) in [7, 11) is 1.53. The summed E-state index contributed by atoms with van der Waals surface area (Å²) in [5.74, 6) is 0.198. The first-order chi connectivity index (χ1) is 8.06. The number of rotatable bonds is 5. The van der Waals surface area contributed by atoms with Crippen LogP contribution in [0.15, 0.2) is 0 Å². The topological polar surface area (TPSA) is 69.6 Å². The van der Waals surface area contributed by atoms with Crippen LogP contribution in [-0.4, -0.2) is 52.6 Å². The monoisotopic (exact) mass is 260 g/mol. The number of hydrogen-bond donors (Lipinski definition) is 2. The Kier molecular flexibility index (Phi) is 5.61. The first-order valence-corrected chi connectivity index (χ1v) is 6.96. The van der Waals surface area contributed by atoms with Crippen molar-refractivity contribution in [1.29, 1.82) is 0 Å². The van der Waals surface area contributed by atoms with E-state index in [9.17, 15) is 9.59 Å². The van der Waals surface area contributed by atoms with Crippen molar-refractivity contribution in [2.45, 2.75) is 37.5 Å². The number of carbonyl (C=O) groups is 2. The number of carbonyl (C=O) groups excluding carboxylic acids is 1. The molecule has 0 aromatic rings. The first-order valence-electron chi connectivity index (χ1n) is 5.91. The third-order valence-electron chi connectivity index (χ3n) is 2.96. The molecule has 1 aliphatic rings. The van der Waals surface area contributed by atoms with Gasteiger partial charge in [0.2, 0.25) is 0 Å². The highest BCUT2D eigenvalue weighted by Gasteiger charge is 2.25. The van der Waals surface area contributed by atoms with Crippen molar-refractivity contribution in [2.75, 3.05) is 19.3 Å². The van der Waals surface area contributed by atoms with Gasteiger partial charge in [0.1, 0.15) is 6.04 Å². The number of carboxylic acid groups (broad SMARTS) is 1. The fraction of sp³-hybridized carbons (Fsp3) is 0.818. The maximum absolute atomic E-state index is 11.7. The zero-order valence-electron chi connectivity index (χ0n) is 10.3. The number of likely N-dealkylation sites (N-methyl/N-ethyl adjacent to an activating group) is 1. The van der Waals surface area contributed by atoms with Crippen LogP contribution in [0.25, 0.3) is 0 Å². The van der Waals surface area contributed by atoms with Gasteiger partial charge in [-0.3, -0.25) is 0 Å². The van der Waals surface area contributed by atoms with Crippen LogP contribution < -0.4 is 5.32 Å². The molecule has 0 aromatic carbocycles. The Morgan fingerprint density at radius 1 is 1.59 bits per heavy atom. The van der Waals surface area contributed by atoms with Crippen LogP contribution in [0.4, 0.5) is 4.79 Å². The summed E-state index contributed by atoms with van der Waals surface area (Å²) >= 11 is 1.87. The van der Waals surface area contributed by atoms with Crippen molar-refractivity contribution < 1.29 is 14.7 Å². The molecule has 1 aliphatic heterocycles. The Morgan fingerprint density at radius 3 is 2.76 bits per heavy atom. The fourth-order valence-corrected chi connectivity index (χ4v) is 3.09.